The standard InChI is InChI=1S/C16H26O5/c1-4-5-6-7-8-9-13-14(21-13)10-12(16(18)20-3)11-15(17)19-2/h10,13-14H,4-9,11H2,1-3H3/b12-10+/t13-,14+/m0/s1. The normalized spacial score (nSPS) is 21.0. The summed E-state index contributed by atoms with van der Waals surface area (Å²) in [7, 11) is 2.59. The van der Waals surface area contributed by atoms with Crippen LogP contribution in [0.15, 0.2) is 11.6 Å². The van der Waals surface area contributed by atoms with Gasteiger partial charge in [0.2, 0.25) is 0 Å². The minimum Gasteiger partial charge on any atom is -0.469 e. The molecule has 1 fully saturated rings. The summed E-state index contributed by atoms with van der Waals surface area (Å²) in [6.07, 6.45) is 8.85. The second-order valence-electron chi connectivity index (χ2n) is 5.28. The first-order valence-corrected chi connectivity index (χ1v) is 7.63. The zero-order valence-electron chi connectivity index (χ0n) is 13.2. The van der Waals surface area contributed by atoms with Crippen LogP contribution in [-0.2, 0) is 23.8 Å². The number of unbranched alkanes of at least 4 members (excludes halogenated alkanes) is 4. The number of ether oxygens (including phenoxy) is 3. The molecule has 0 aromatic carbocycles. The van der Waals surface area contributed by atoms with Crippen molar-refractivity contribution in [2.24, 2.45) is 0 Å². The van der Waals surface area contributed by atoms with Gasteiger partial charge in [-0.25, -0.2) is 4.79 Å². The second kappa shape index (κ2) is 9.55. The first kappa shape index (κ1) is 17.7. The highest BCUT2D eigenvalue weighted by Gasteiger charge is 2.37. The monoisotopic (exact) mass is 298 g/mol. The molecule has 21 heavy (non-hydrogen) atoms. The number of rotatable bonds is 10. The Morgan fingerprint density at radius 1 is 1.10 bits per heavy atom. The number of methoxy groups -OCH3 is 2. The molecule has 1 saturated heterocycles. The molecule has 5 heteroatoms. The molecule has 1 aliphatic heterocycles. The summed E-state index contributed by atoms with van der Waals surface area (Å²) in [5, 5.41) is 0. The van der Waals surface area contributed by atoms with Crippen molar-refractivity contribution in [3.63, 3.8) is 0 Å². The van der Waals surface area contributed by atoms with Gasteiger partial charge < -0.3 is 14.2 Å². The minimum atomic E-state index is -0.502. The third-order valence-corrected chi connectivity index (χ3v) is 3.59. The van der Waals surface area contributed by atoms with Gasteiger partial charge in [-0.05, 0) is 12.5 Å². The number of hydrogen-bond acceptors (Lipinski definition) is 5. The van der Waals surface area contributed by atoms with E-state index in [-0.39, 0.29) is 18.6 Å². The van der Waals surface area contributed by atoms with E-state index in [2.05, 4.69) is 16.4 Å². The van der Waals surface area contributed by atoms with E-state index in [4.69, 9.17) is 4.74 Å². The highest BCUT2D eigenvalue weighted by atomic mass is 16.6. The van der Waals surface area contributed by atoms with Crippen LogP contribution < -0.4 is 0 Å². The largest absolute Gasteiger partial charge is 0.469 e. The van der Waals surface area contributed by atoms with Gasteiger partial charge in [-0.15, -0.1) is 0 Å². The summed E-state index contributed by atoms with van der Waals surface area (Å²) >= 11 is 0. The molecule has 0 bridgehead atoms. The van der Waals surface area contributed by atoms with Crippen LogP contribution in [0.5, 0.6) is 0 Å². The highest BCUT2D eigenvalue weighted by Crippen LogP contribution is 2.30. The van der Waals surface area contributed by atoms with E-state index in [1.165, 1.54) is 39.9 Å². The maximum absolute atomic E-state index is 11.6. The van der Waals surface area contributed by atoms with Crippen molar-refractivity contribution in [2.45, 2.75) is 64.1 Å². The smallest absolute Gasteiger partial charge is 0.334 e. The number of hydrogen-bond donors (Lipinski definition) is 0. The summed E-state index contributed by atoms with van der Waals surface area (Å²) in [4.78, 5) is 22.9. The molecule has 0 radical (unpaired) electrons. The number of carbonyl (C=O) groups is 2. The Hall–Kier alpha value is -1.36. The molecular weight excluding hydrogens is 272 g/mol. The van der Waals surface area contributed by atoms with Crippen LogP contribution in [0.25, 0.3) is 0 Å². The SMILES string of the molecule is CCCCCCC[C@@H]1O[C@@H]1/C=C(\CC(=O)OC)C(=O)OC. The molecule has 5 nitrogen and oxygen atoms in total. The van der Waals surface area contributed by atoms with E-state index in [0.717, 1.165) is 12.8 Å². The maximum Gasteiger partial charge on any atom is 0.334 e. The zero-order chi connectivity index (χ0) is 15.7. The molecule has 0 aromatic rings. The third kappa shape index (κ3) is 6.76. The van der Waals surface area contributed by atoms with Gasteiger partial charge in [-0.2, -0.15) is 0 Å². The predicted molar refractivity (Wildman–Crippen MR) is 78.8 cm³/mol. The molecule has 0 N–H and O–H groups in total. The third-order valence-electron chi connectivity index (χ3n) is 3.59. The molecule has 0 aliphatic carbocycles. The Bertz CT molecular complexity index is 375. The first-order chi connectivity index (χ1) is 10.1. The number of epoxide rings is 1. The van der Waals surface area contributed by atoms with Gasteiger partial charge in [-0.1, -0.05) is 39.0 Å². The molecule has 120 valence electrons. The van der Waals surface area contributed by atoms with Crippen molar-refractivity contribution in [2.75, 3.05) is 14.2 Å². The van der Waals surface area contributed by atoms with E-state index in [0.29, 0.717) is 5.57 Å². The zero-order valence-corrected chi connectivity index (χ0v) is 13.2. The fraction of sp³-hybridized carbons (Fsp3) is 0.750. The van der Waals surface area contributed by atoms with Crippen molar-refractivity contribution in [1.82, 2.24) is 0 Å². The summed E-state index contributed by atoms with van der Waals surface area (Å²) in [6, 6.07) is 0. The Labute approximate surface area is 126 Å². The Balaban J connectivity index is 2.37. The highest BCUT2D eigenvalue weighted by molar-refractivity contribution is 5.93. The lowest BCUT2D eigenvalue weighted by Crippen LogP contribution is -2.12. The van der Waals surface area contributed by atoms with Gasteiger partial charge in [0.15, 0.2) is 0 Å². The van der Waals surface area contributed by atoms with Gasteiger partial charge in [0.1, 0.15) is 6.10 Å². The summed E-state index contributed by atoms with van der Waals surface area (Å²) in [5.74, 6) is -0.957. The summed E-state index contributed by atoms with van der Waals surface area (Å²) in [5.41, 5.74) is 0.308. The van der Waals surface area contributed by atoms with Crippen LogP contribution in [-0.4, -0.2) is 38.4 Å². The Kier molecular flexibility index (Phi) is 8.05. The molecule has 2 atom stereocenters. The predicted octanol–water partition coefficient (Wildman–Crippen LogP) is 2.78. The van der Waals surface area contributed by atoms with Crippen LogP contribution in [0.3, 0.4) is 0 Å². The molecule has 0 unspecified atom stereocenters. The molecule has 1 aliphatic rings. The van der Waals surface area contributed by atoms with Gasteiger partial charge in [0.25, 0.3) is 0 Å². The lowest BCUT2D eigenvalue weighted by Gasteiger charge is -2.03. The van der Waals surface area contributed by atoms with Gasteiger partial charge in [0.05, 0.1) is 26.7 Å². The molecule has 0 saturated carbocycles. The van der Waals surface area contributed by atoms with Crippen LogP contribution >= 0.6 is 0 Å². The van der Waals surface area contributed by atoms with Crippen molar-refractivity contribution in [3.05, 3.63) is 11.6 Å². The average molecular weight is 298 g/mol. The topological polar surface area (TPSA) is 65.1 Å². The van der Waals surface area contributed by atoms with Gasteiger partial charge in [-0.3, -0.25) is 4.79 Å². The Morgan fingerprint density at radius 3 is 2.43 bits per heavy atom. The minimum absolute atomic E-state index is 0.0741. The molecule has 0 aromatic heterocycles. The van der Waals surface area contributed by atoms with Crippen molar-refractivity contribution < 1.29 is 23.8 Å². The van der Waals surface area contributed by atoms with Crippen LogP contribution in [0.1, 0.15) is 51.9 Å². The van der Waals surface area contributed by atoms with Crippen LogP contribution in [0, 0.1) is 0 Å². The average Bonchev–Trinajstić information content (AvgIpc) is 3.23. The summed E-state index contributed by atoms with van der Waals surface area (Å²) < 4.78 is 14.8. The number of carbonyl (C=O) groups excluding carboxylic acids is 2. The van der Waals surface area contributed by atoms with E-state index in [1.54, 1.807) is 6.08 Å². The van der Waals surface area contributed by atoms with E-state index in [1.807, 2.05) is 0 Å². The summed E-state index contributed by atoms with van der Waals surface area (Å²) in [6.45, 7) is 2.19. The molecular formula is C16H26O5. The fourth-order valence-corrected chi connectivity index (χ4v) is 2.24. The lowest BCUT2D eigenvalue weighted by molar-refractivity contribution is -0.143. The van der Waals surface area contributed by atoms with Gasteiger partial charge >= 0.3 is 11.9 Å². The number of esters is 2. The fourth-order valence-electron chi connectivity index (χ4n) is 2.24. The van der Waals surface area contributed by atoms with Crippen LogP contribution in [0.2, 0.25) is 0 Å². The van der Waals surface area contributed by atoms with Crippen molar-refractivity contribution in [3.8, 4) is 0 Å². The van der Waals surface area contributed by atoms with E-state index < -0.39 is 11.9 Å². The van der Waals surface area contributed by atoms with Crippen molar-refractivity contribution >= 4 is 11.9 Å². The van der Waals surface area contributed by atoms with Crippen LogP contribution in [0.4, 0.5) is 0 Å². The van der Waals surface area contributed by atoms with E-state index >= 15 is 0 Å². The van der Waals surface area contributed by atoms with Crippen molar-refractivity contribution in [1.29, 1.82) is 0 Å². The molecule has 1 heterocycles. The lowest BCUT2D eigenvalue weighted by atomic mass is 10.1. The maximum atomic E-state index is 11.6. The molecule has 1 rings (SSSR count). The van der Waals surface area contributed by atoms with Gasteiger partial charge in [0, 0.05) is 5.57 Å². The quantitative estimate of drug-likeness (QED) is 0.268. The first-order valence-electron chi connectivity index (χ1n) is 7.63. The van der Waals surface area contributed by atoms with E-state index in [9.17, 15) is 9.59 Å². The molecule has 0 spiro atoms. The second-order valence-corrected chi connectivity index (χ2v) is 5.28. The Morgan fingerprint density at radius 2 is 1.81 bits per heavy atom. The molecule has 0 amide bonds.